The Kier molecular flexibility index (Phi) is 7.83. The molecule has 8 heteroatoms. The van der Waals surface area contributed by atoms with Crippen LogP contribution < -0.4 is 4.90 Å². The van der Waals surface area contributed by atoms with Crippen molar-refractivity contribution >= 4 is 27.5 Å². The minimum atomic E-state index is -3.86. The number of unbranched alkanes of at least 4 members (excludes halogenated alkanes) is 1. The van der Waals surface area contributed by atoms with E-state index in [1.807, 2.05) is 50.2 Å². The summed E-state index contributed by atoms with van der Waals surface area (Å²) in [5.74, 6) is -0.561. The summed E-state index contributed by atoms with van der Waals surface area (Å²) in [6, 6.07) is 14.4. The largest absolute Gasteiger partial charge is 0.314 e. The Bertz CT molecular complexity index is 1140. The van der Waals surface area contributed by atoms with Crippen LogP contribution in [0.2, 0.25) is 0 Å². The number of anilines is 1. The number of hydrogen-bond donors (Lipinski definition) is 0. The molecular weight excluding hydrogens is 450 g/mol. The predicted molar refractivity (Wildman–Crippen MR) is 134 cm³/mol. The smallest absolute Gasteiger partial charge is 0.248 e. The van der Waals surface area contributed by atoms with Crippen molar-refractivity contribution in [3.63, 3.8) is 0 Å². The Labute approximate surface area is 203 Å². The Hall–Kier alpha value is -2.71. The van der Waals surface area contributed by atoms with Crippen LogP contribution in [0.25, 0.3) is 0 Å². The SMILES string of the molecule is CCCCN(CC(=O)N1CC(=O)N(c2cccc(C)c2)C1)S(=O)(=O)c1ccc(C(C)(C)C)cc1. The van der Waals surface area contributed by atoms with Crippen molar-refractivity contribution in [1.82, 2.24) is 9.21 Å². The topological polar surface area (TPSA) is 78.0 Å². The summed E-state index contributed by atoms with van der Waals surface area (Å²) < 4.78 is 28.1. The summed E-state index contributed by atoms with van der Waals surface area (Å²) in [4.78, 5) is 28.8. The molecule has 34 heavy (non-hydrogen) atoms. The monoisotopic (exact) mass is 485 g/mol. The van der Waals surface area contributed by atoms with Crippen LogP contribution in [0.3, 0.4) is 0 Å². The van der Waals surface area contributed by atoms with Crippen molar-refractivity contribution in [2.45, 2.75) is 57.8 Å². The molecule has 1 heterocycles. The van der Waals surface area contributed by atoms with Gasteiger partial charge in [-0.3, -0.25) is 14.5 Å². The zero-order chi connectivity index (χ0) is 25.1. The highest BCUT2D eigenvalue weighted by atomic mass is 32.2. The number of benzene rings is 2. The maximum Gasteiger partial charge on any atom is 0.248 e. The predicted octanol–water partition coefficient (Wildman–Crippen LogP) is 3.92. The Balaban J connectivity index is 1.78. The van der Waals surface area contributed by atoms with E-state index < -0.39 is 10.0 Å². The summed E-state index contributed by atoms with van der Waals surface area (Å²) in [6.07, 6.45) is 1.44. The molecule has 2 aromatic carbocycles. The maximum absolute atomic E-state index is 13.4. The second kappa shape index (κ2) is 10.3. The Morgan fingerprint density at radius 2 is 1.76 bits per heavy atom. The first-order chi connectivity index (χ1) is 15.9. The second-order valence-corrected chi connectivity index (χ2v) is 11.8. The minimum Gasteiger partial charge on any atom is -0.314 e. The van der Waals surface area contributed by atoms with Crippen LogP contribution in [-0.4, -0.2) is 55.7 Å². The Morgan fingerprint density at radius 1 is 1.09 bits per heavy atom. The lowest BCUT2D eigenvalue weighted by Gasteiger charge is -2.25. The van der Waals surface area contributed by atoms with Crippen LogP contribution in [0, 0.1) is 6.92 Å². The number of amides is 2. The highest BCUT2D eigenvalue weighted by molar-refractivity contribution is 7.89. The van der Waals surface area contributed by atoms with Gasteiger partial charge in [0.2, 0.25) is 21.8 Å². The summed E-state index contributed by atoms with van der Waals surface area (Å²) in [7, 11) is -3.86. The highest BCUT2D eigenvalue weighted by Crippen LogP contribution is 2.25. The fraction of sp³-hybridized carbons (Fsp3) is 0.462. The van der Waals surface area contributed by atoms with Crippen molar-refractivity contribution in [2.75, 3.05) is 31.2 Å². The van der Waals surface area contributed by atoms with E-state index in [0.717, 1.165) is 23.2 Å². The molecular formula is C26H35N3O4S. The molecule has 1 saturated heterocycles. The van der Waals surface area contributed by atoms with Gasteiger partial charge in [-0.1, -0.05) is 58.4 Å². The zero-order valence-electron chi connectivity index (χ0n) is 20.7. The van der Waals surface area contributed by atoms with E-state index in [1.165, 1.54) is 9.21 Å². The van der Waals surface area contributed by atoms with E-state index in [9.17, 15) is 18.0 Å². The fourth-order valence-corrected chi connectivity index (χ4v) is 5.31. The third-order valence-corrected chi connectivity index (χ3v) is 7.90. The average molecular weight is 486 g/mol. The van der Waals surface area contributed by atoms with Crippen molar-refractivity contribution in [1.29, 1.82) is 0 Å². The molecule has 1 fully saturated rings. The van der Waals surface area contributed by atoms with Gasteiger partial charge in [0.15, 0.2) is 0 Å². The first-order valence-corrected chi connectivity index (χ1v) is 13.1. The number of aryl methyl sites for hydroxylation is 1. The number of carbonyl (C=O) groups excluding carboxylic acids is 2. The third-order valence-electron chi connectivity index (χ3n) is 6.04. The fourth-order valence-electron chi connectivity index (χ4n) is 3.88. The van der Waals surface area contributed by atoms with Gasteiger partial charge >= 0.3 is 0 Å². The van der Waals surface area contributed by atoms with Crippen molar-refractivity contribution < 1.29 is 18.0 Å². The third kappa shape index (κ3) is 5.85. The van der Waals surface area contributed by atoms with Crippen molar-refractivity contribution in [3.8, 4) is 0 Å². The molecule has 184 valence electrons. The molecule has 2 amide bonds. The highest BCUT2D eigenvalue weighted by Gasteiger charge is 2.34. The molecule has 0 spiro atoms. The van der Waals surface area contributed by atoms with Gasteiger partial charge in [0, 0.05) is 12.2 Å². The Morgan fingerprint density at radius 3 is 2.35 bits per heavy atom. The number of hydrogen-bond acceptors (Lipinski definition) is 4. The molecule has 0 atom stereocenters. The summed E-state index contributed by atoms with van der Waals surface area (Å²) in [5, 5.41) is 0. The lowest BCUT2D eigenvalue weighted by Crippen LogP contribution is -2.43. The number of nitrogens with zero attached hydrogens (tertiary/aromatic N) is 3. The van der Waals surface area contributed by atoms with E-state index in [2.05, 4.69) is 20.8 Å². The van der Waals surface area contributed by atoms with Crippen LogP contribution in [0.5, 0.6) is 0 Å². The molecule has 1 aliphatic rings. The standard InChI is InChI=1S/C26H35N3O4S/c1-6-7-15-28(34(32,33)23-13-11-21(12-14-23)26(3,4)5)18-24(30)27-17-25(31)29(19-27)22-10-8-9-20(2)16-22/h8-14,16H,6-7,15,17-19H2,1-5H3. The molecule has 0 aliphatic carbocycles. The number of rotatable bonds is 8. The second-order valence-electron chi connectivity index (χ2n) is 9.86. The molecule has 1 aliphatic heterocycles. The molecule has 0 bridgehead atoms. The van der Waals surface area contributed by atoms with E-state index in [4.69, 9.17) is 0 Å². The van der Waals surface area contributed by atoms with Gasteiger partial charge < -0.3 is 4.90 Å². The molecule has 0 saturated carbocycles. The summed E-state index contributed by atoms with van der Waals surface area (Å²) in [5.41, 5.74) is 2.69. The van der Waals surface area contributed by atoms with Crippen LogP contribution in [0.15, 0.2) is 53.4 Å². The molecule has 0 unspecified atom stereocenters. The van der Waals surface area contributed by atoms with E-state index in [0.29, 0.717) is 6.42 Å². The maximum atomic E-state index is 13.4. The molecule has 3 rings (SSSR count). The minimum absolute atomic E-state index is 0.0608. The lowest BCUT2D eigenvalue weighted by atomic mass is 9.87. The summed E-state index contributed by atoms with van der Waals surface area (Å²) >= 11 is 0. The van der Waals surface area contributed by atoms with Gasteiger partial charge in [-0.15, -0.1) is 0 Å². The van der Waals surface area contributed by atoms with Crippen molar-refractivity contribution in [2.24, 2.45) is 0 Å². The van der Waals surface area contributed by atoms with Crippen molar-refractivity contribution in [3.05, 3.63) is 59.7 Å². The normalized spacial score (nSPS) is 14.8. The van der Waals surface area contributed by atoms with E-state index in [-0.39, 0.29) is 48.4 Å². The van der Waals surface area contributed by atoms with Gasteiger partial charge in [0.25, 0.3) is 0 Å². The van der Waals surface area contributed by atoms with E-state index in [1.54, 1.807) is 17.0 Å². The lowest BCUT2D eigenvalue weighted by molar-refractivity contribution is -0.131. The molecule has 2 aromatic rings. The summed E-state index contributed by atoms with van der Waals surface area (Å²) in [6.45, 7) is 10.1. The molecule has 0 radical (unpaired) electrons. The van der Waals surface area contributed by atoms with E-state index >= 15 is 0 Å². The van der Waals surface area contributed by atoms with Gasteiger partial charge in [-0.2, -0.15) is 4.31 Å². The zero-order valence-corrected chi connectivity index (χ0v) is 21.6. The molecule has 0 N–H and O–H groups in total. The van der Waals surface area contributed by atoms with Crippen LogP contribution >= 0.6 is 0 Å². The average Bonchev–Trinajstić information content (AvgIpc) is 3.17. The first-order valence-electron chi connectivity index (χ1n) is 11.7. The van der Waals surface area contributed by atoms with Gasteiger partial charge in [0.1, 0.15) is 13.2 Å². The van der Waals surface area contributed by atoms with Crippen LogP contribution in [0.4, 0.5) is 5.69 Å². The van der Waals surface area contributed by atoms with Gasteiger partial charge in [-0.25, -0.2) is 8.42 Å². The molecule has 0 aromatic heterocycles. The number of sulfonamides is 1. The van der Waals surface area contributed by atoms with Gasteiger partial charge in [-0.05, 0) is 54.2 Å². The number of carbonyl (C=O) groups is 2. The first kappa shape index (κ1) is 25.9. The van der Waals surface area contributed by atoms with Crippen LogP contribution in [-0.2, 0) is 25.0 Å². The van der Waals surface area contributed by atoms with Crippen LogP contribution in [0.1, 0.15) is 51.7 Å². The molecule has 7 nitrogen and oxygen atoms in total. The van der Waals surface area contributed by atoms with Gasteiger partial charge in [0.05, 0.1) is 11.4 Å². The quantitative estimate of drug-likeness (QED) is 0.568.